The quantitative estimate of drug-likeness (QED) is 0.811. The monoisotopic (exact) mass is 217 g/mol. The Bertz CT molecular complexity index is 326. The van der Waals surface area contributed by atoms with Crippen LogP contribution in [0, 0.1) is 5.82 Å². The number of nitrogens with one attached hydrogen (secondary N) is 1. The highest BCUT2D eigenvalue weighted by molar-refractivity contribution is 6.30. The molecular formula is C10H13ClFNO. The molecule has 2 nitrogen and oxygen atoms in total. The van der Waals surface area contributed by atoms with E-state index in [1.54, 1.807) is 13.1 Å². The zero-order valence-electron chi connectivity index (χ0n) is 8.14. The lowest BCUT2D eigenvalue weighted by Gasteiger charge is -2.27. The maximum atomic E-state index is 12.9. The topological polar surface area (TPSA) is 32.3 Å². The number of hydrogen-bond acceptors (Lipinski definition) is 2. The molecule has 14 heavy (non-hydrogen) atoms. The van der Waals surface area contributed by atoms with Crippen LogP contribution in [0.2, 0.25) is 5.02 Å². The Kier molecular flexibility index (Phi) is 3.48. The summed E-state index contributed by atoms with van der Waals surface area (Å²) in [5.74, 6) is -0.452. The van der Waals surface area contributed by atoms with Crippen LogP contribution >= 0.6 is 11.6 Å². The minimum Gasteiger partial charge on any atom is -0.394 e. The highest BCUT2D eigenvalue weighted by Crippen LogP contribution is 2.24. The van der Waals surface area contributed by atoms with E-state index in [0.29, 0.717) is 0 Å². The molecule has 4 heteroatoms. The molecule has 0 bridgehead atoms. The van der Waals surface area contributed by atoms with E-state index in [0.717, 1.165) is 5.56 Å². The molecule has 0 spiro atoms. The third-order valence-corrected chi connectivity index (χ3v) is 2.71. The van der Waals surface area contributed by atoms with Crippen molar-refractivity contribution in [1.29, 1.82) is 0 Å². The molecule has 0 aliphatic carbocycles. The molecule has 2 N–H and O–H groups in total. The van der Waals surface area contributed by atoms with Gasteiger partial charge in [-0.1, -0.05) is 17.7 Å². The van der Waals surface area contributed by atoms with Gasteiger partial charge in [-0.3, -0.25) is 0 Å². The lowest BCUT2D eigenvalue weighted by atomic mass is 9.93. The summed E-state index contributed by atoms with van der Waals surface area (Å²) in [6, 6.07) is 4.42. The Hall–Kier alpha value is -0.640. The summed E-state index contributed by atoms with van der Waals surface area (Å²) < 4.78 is 12.9. The standard InChI is InChI=1S/C10H13ClFNO/c1-10(6-14,13-2)7-3-4-9(12)8(11)5-7/h3-5,13-14H,6H2,1-2H3. The average Bonchev–Trinajstić information content (AvgIpc) is 2.21. The third-order valence-electron chi connectivity index (χ3n) is 2.42. The Balaban J connectivity index is 3.12. The van der Waals surface area contributed by atoms with E-state index < -0.39 is 11.4 Å². The number of rotatable bonds is 3. The largest absolute Gasteiger partial charge is 0.394 e. The SMILES string of the molecule is CNC(C)(CO)c1ccc(F)c(Cl)c1. The van der Waals surface area contributed by atoms with Crippen LogP contribution in [-0.2, 0) is 5.54 Å². The number of benzene rings is 1. The summed E-state index contributed by atoms with van der Waals surface area (Å²) >= 11 is 5.65. The van der Waals surface area contributed by atoms with Crippen LogP contribution in [0.1, 0.15) is 12.5 Å². The van der Waals surface area contributed by atoms with Crippen LogP contribution in [0.5, 0.6) is 0 Å². The van der Waals surface area contributed by atoms with Gasteiger partial charge in [0, 0.05) is 0 Å². The van der Waals surface area contributed by atoms with Gasteiger partial charge >= 0.3 is 0 Å². The molecule has 0 radical (unpaired) electrons. The van der Waals surface area contributed by atoms with Crippen LogP contribution in [0.15, 0.2) is 18.2 Å². The van der Waals surface area contributed by atoms with Gasteiger partial charge in [0.05, 0.1) is 17.2 Å². The second-order valence-electron chi connectivity index (χ2n) is 3.37. The number of aliphatic hydroxyl groups is 1. The second kappa shape index (κ2) is 4.26. The predicted octanol–water partition coefficient (Wildman–Crippen LogP) is 1.91. The molecule has 78 valence electrons. The second-order valence-corrected chi connectivity index (χ2v) is 3.78. The first-order valence-electron chi connectivity index (χ1n) is 4.29. The summed E-state index contributed by atoms with van der Waals surface area (Å²) in [5, 5.41) is 12.2. The van der Waals surface area contributed by atoms with E-state index in [1.165, 1.54) is 12.1 Å². The van der Waals surface area contributed by atoms with Crippen molar-refractivity contribution in [3.63, 3.8) is 0 Å². The lowest BCUT2D eigenvalue weighted by molar-refractivity contribution is 0.183. The fourth-order valence-electron chi connectivity index (χ4n) is 1.15. The van der Waals surface area contributed by atoms with Gasteiger partial charge in [0.25, 0.3) is 0 Å². The van der Waals surface area contributed by atoms with Crippen LogP contribution in [-0.4, -0.2) is 18.8 Å². The zero-order chi connectivity index (χ0) is 10.8. The molecule has 0 aromatic heterocycles. The van der Waals surface area contributed by atoms with Crippen molar-refractivity contribution in [3.8, 4) is 0 Å². The van der Waals surface area contributed by atoms with Crippen LogP contribution in [0.25, 0.3) is 0 Å². The molecule has 1 rings (SSSR count). The van der Waals surface area contributed by atoms with E-state index in [4.69, 9.17) is 11.6 Å². The summed E-state index contributed by atoms with van der Waals surface area (Å²) in [5.41, 5.74) is 0.172. The highest BCUT2D eigenvalue weighted by atomic mass is 35.5. The first kappa shape index (κ1) is 11.4. The molecular weight excluding hydrogens is 205 g/mol. The fourth-order valence-corrected chi connectivity index (χ4v) is 1.33. The third kappa shape index (κ3) is 2.05. The van der Waals surface area contributed by atoms with Gasteiger partial charge in [0.1, 0.15) is 5.82 Å². The number of aliphatic hydroxyl groups excluding tert-OH is 1. The molecule has 1 atom stereocenters. The summed E-state index contributed by atoms with van der Waals surface area (Å²) in [4.78, 5) is 0. The molecule has 0 fully saturated rings. The van der Waals surface area contributed by atoms with Gasteiger partial charge in [-0.25, -0.2) is 4.39 Å². The predicted molar refractivity (Wildman–Crippen MR) is 54.9 cm³/mol. The minimum absolute atomic E-state index is 0.0671. The molecule has 0 aliphatic heterocycles. The normalized spacial score (nSPS) is 15.2. The molecule has 0 saturated heterocycles. The summed E-state index contributed by atoms with van der Waals surface area (Å²) in [7, 11) is 1.73. The molecule has 1 unspecified atom stereocenters. The molecule has 1 aromatic carbocycles. The van der Waals surface area contributed by atoms with Crippen LogP contribution in [0.3, 0.4) is 0 Å². The molecule has 0 amide bonds. The van der Waals surface area contributed by atoms with Gasteiger partial charge in [-0.15, -0.1) is 0 Å². The molecule has 0 heterocycles. The average molecular weight is 218 g/mol. The van der Waals surface area contributed by atoms with E-state index in [2.05, 4.69) is 5.32 Å². The van der Waals surface area contributed by atoms with Crippen molar-refractivity contribution in [2.75, 3.05) is 13.7 Å². The number of likely N-dealkylation sites (N-methyl/N-ethyl adjacent to an activating group) is 1. The number of halogens is 2. The smallest absolute Gasteiger partial charge is 0.141 e. The first-order chi connectivity index (χ1) is 6.53. The van der Waals surface area contributed by atoms with Gasteiger partial charge in [-0.2, -0.15) is 0 Å². The van der Waals surface area contributed by atoms with Gasteiger partial charge < -0.3 is 10.4 Å². The van der Waals surface area contributed by atoms with Crippen molar-refractivity contribution in [1.82, 2.24) is 5.32 Å². The first-order valence-corrected chi connectivity index (χ1v) is 4.66. The Morgan fingerprint density at radius 2 is 2.21 bits per heavy atom. The van der Waals surface area contributed by atoms with Crippen LogP contribution < -0.4 is 5.32 Å². The van der Waals surface area contributed by atoms with Crippen molar-refractivity contribution >= 4 is 11.6 Å². The Morgan fingerprint density at radius 1 is 1.57 bits per heavy atom. The zero-order valence-corrected chi connectivity index (χ0v) is 8.90. The van der Waals surface area contributed by atoms with E-state index in [9.17, 15) is 9.50 Å². The Morgan fingerprint density at radius 3 is 2.64 bits per heavy atom. The van der Waals surface area contributed by atoms with Crippen molar-refractivity contribution in [2.24, 2.45) is 0 Å². The van der Waals surface area contributed by atoms with Crippen molar-refractivity contribution in [2.45, 2.75) is 12.5 Å². The van der Waals surface area contributed by atoms with E-state index in [-0.39, 0.29) is 11.6 Å². The summed E-state index contributed by atoms with van der Waals surface area (Å²) in [6.45, 7) is 1.74. The minimum atomic E-state index is -0.586. The molecule has 0 aliphatic rings. The van der Waals surface area contributed by atoms with E-state index in [1.807, 2.05) is 6.92 Å². The van der Waals surface area contributed by atoms with Crippen molar-refractivity contribution in [3.05, 3.63) is 34.6 Å². The van der Waals surface area contributed by atoms with Crippen molar-refractivity contribution < 1.29 is 9.50 Å². The van der Waals surface area contributed by atoms with E-state index >= 15 is 0 Å². The van der Waals surface area contributed by atoms with Gasteiger partial charge in [0.15, 0.2) is 0 Å². The van der Waals surface area contributed by atoms with Crippen LogP contribution in [0.4, 0.5) is 4.39 Å². The Labute approximate surface area is 87.7 Å². The highest BCUT2D eigenvalue weighted by Gasteiger charge is 2.23. The van der Waals surface area contributed by atoms with Gasteiger partial charge in [0.2, 0.25) is 0 Å². The maximum Gasteiger partial charge on any atom is 0.141 e. The molecule has 0 saturated carbocycles. The molecule has 1 aromatic rings. The number of hydrogen-bond donors (Lipinski definition) is 2. The maximum absolute atomic E-state index is 12.9. The summed E-state index contributed by atoms with van der Waals surface area (Å²) in [6.07, 6.45) is 0. The van der Waals surface area contributed by atoms with Gasteiger partial charge in [-0.05, 0) is 31.7 Å². The fraction of sp³-hybridized carbons (Fsp3) is 0.400. The lowest BCUT2D eigenvalue weighted by Crippen LogP contribution is -2.40.